The van der Waals surface area contributed by atoms with Crippen LogP contribution in [-0.2, 0) is 0 Å². The van der Waals surface area contributed by atoms with Gasteiger partial charge in [-0.25, -0.2) is 8.78 Å². The molecule has 2 aromatic carbocycles. The average Bonchev–Trinajstić information content (AvgIpc) is 2.31. The quantitative estimate of drug-likeness (QED) is 0.731. The second kappa shape index (κ2) is 4.87. The fraction of sp³-hybridized carbons (Fsp3) is 0.0769. The van der Waals surface area contributed by atoms with Crippen molar-refractivity contribution in [3.05, 3.63) is 54.1 Å². The maximum absolute atomic E-state index is 13.5. The highest BCUT2D eigenvalue weighted by Crippen LogP contribution is 2.30. The van der Waals surface area contributed by atoms with Crippen LogP contribution in [0.25, 0.3) is 11.1 Å². The molecule has 0 saturated carbocycles. The minimum atomic E-state index is -4.97. The van der Waals surface area contributed by atoms with Gasteiger partial charge in [0, 0.05) is 5.56 Å². The van der Waals surface area contributed by atoms with Crippen molar-refractivity contribution >= 4 is 0 Å². The van der Waals surface area contributed by atoms with Crippen LogP contribution in [0.5, 0.6) is 5.75 Å². The summed E-state index contributed by atoms with van der Waals surface area (Å²) in [6.07, 6.45) is -4.97. The van der Waals surface area contributed by atoms with E-state index in [4.69, 9.17) is 0 Å². The molecule has 6 heteroatoms. The Labute approximate surface area is 105 Å². The first kappa shape index (κ1) is 13.3. The maximum Gasteiger partial charge on any atom is 0.573 e. The van der Waals surface area contributed by atoms with Gasteiger partial charge in [0.2, 0.25) is 0 Å². The molecule has 0 fully saturated rings. The van der Waals surface area contributed by atoms with Crippen molar-refractivity contribution in [3.8, 4) is 16.9 Å². The fourth-order valence-corrected chi connectivity index (χ4v) is 1.57. The van der Waals surface area contributed by atoms with E-state index in [1.807, 2.05) is 0 Å². The van der Waals surface area contributed by atoms with Gasteiger partial charge in [-0.15, -0.1) is 13.2 Å². The summed E-state index contributed by atoms with van der Waals surface area (Å²) in [7, 11) is 0. The highest BCUT2D eigenvalue weighted by molar-refractivity contribution is 5.65. The van der Waals surface area contributed by atoms with Crippen LogP contribution in [0.4, 0.5) is 22.0 Å². The van der Waals surface area contributed by atoms with E-state index in [0.29, 0.717) is 0 Å². The van der Waals surface area contributed by atoms with Crippen molar-refractivity contribution in [1.29, 1.82) is 0 Å². The Balaban J connectivity index is 2.37. The molecule has 19 heavy (non-hydrogen) atoms. The molecular weight excluding hydrogens is 267 g/mol. The van der Waals surface area contributed by atoms with E-state index in [0.717, 1.165) is 18.2 Å². The van der Waals surface area contributed by atoms with Crippen LogP contribution in [0.2, 0.25) is 0 Å². The Morgan fingerprint density at radius 2 is 1.53 bits per heavy atom. The smallest absolute Gasteiger partial charge is 0.403 e. The Morgan fingerprint density at radius 3 is 2.11 bits per heavy atom. The highest BCUT2D eigenvalue weighted by atomic mass is 19.4. The van der Waals surface area contributed by atoms with Gasteiger partial charge in [0.05, 0.1) is 0 Å². The van der Waals surface area contributed by atoms with Crippen molar-refractivity contribution in [1.82, 2.24) is 0 Å². The SMILES string of the molecule is Fc1cc(-c2ccccc2F)ccc1OC(F)(F)F. The van der Waals surface area contributed by atoms with Crippen molar-refractivity contribution < 1.29 is 26.7 Å². The molecule has 0 aromatic heterocycles. The Bertz CT molecular complexity index is 592. The Morgan fingerprint density at radius 1 is 0.842 bits per heavy atom. The zero-order chi connectivity index (χ0) is 14.0. The molecule has 0 spiro atoms. The summed E-state index contributed by atoms with van der Waals surface area (Å²) in [6.45, 7) is 0. The average molecular weight is 274 g/mol. The third-order valence-corrected chi connectivity index (χ3v) is 2.34. The van der Waals surface area contributed by atoms with Crippen LogP contribution in [-0.4, -0.2) is 6.36 Å². The number of benzene rings is 2. The van der Waals surface area contributed by atoms with Gasteiger partial charge in [-0.1, -0.05) is 24.3 Å². The third kappa shape index (κ3) is 3.21. The first-order valence-corrected chi connectivity index (χ1v) is 5.17. The summed E-state index contributed by atoms with van der Waals surface area (Å²) in [5.74, 6) is -2.75. The molecule has 0 atom stereocenters. The number of hydrogen-bond acceptors (Lipinski definition) is 1. The van der Waals surface area contributed by atoms with Crippen molar-refractivity contribution in [2.45, 2.75) is 6.36 Å². The summed E-state index contributed by atoms with van der Waals surface area (Å²) in [4.78, 5) is 0. The molecule has 0 aliphatic heterocycles. The number of rotatable bonds is 2. The highest BCUT2D eigenvalue weighted by Gasteiger charge is 2.32. The molecule has 0 N–H and O–H groups in total. The predicted octanol–water partition coefficient (Wildman–Crippen LogP) is 4.53. The van der Waals surface area contributed by atoms with Crippen LogP contribution < -0.4 is 4.74 Å². The lowest BCUT2D eigenvalue weighted by atomic mass is 10.0. The molecule has 100 valence electrons. The zero-order valence-electron chi connectivity index (χ0n) is 9.34. The molecule has 0 radical (unpaired) electrons. The summed E-state index contributed by atoms with van der Waals surface area (Å²) < 4.78 is 66.3. The monoisotopic (exact) mass is 274 g/mol. The molecule has 0 heterocycles. The molecule has 0 unspecified atom stereocenters. The summed E-state index contributed by atoms with van der Waals surface area (Å²) >= 11 is 0. The van der Waals surface area contributed by atoms with Crippen LogP contribution >= 0.6 is 0 Å². The standard InChI is InChI=1S/C13H7F5O/c14-10-4-2-1-3-9(10)8-5-6-12(11(15)7-8)19-13(16,17)18/h1-7H. The Hall–Kier alpha value is -2.11. The first-order valence-electron chi connectivity index (χ1n) is 5.17. The lowest BCUT2D eigenvalue weighted by Gasteiger charge is -2.10. The lowest BCUT2D eigenvalue weighted by Crippen LogP contribution is -2.17. The van der Waals surface area contributed by atoms with Gasteiger partial charge in [-0.05, 0) is 23.8 Å². The minimum absolute atomic E-state index is 0.0972. The van der Waals surface area contributed by atoms with Crippen molar-refractivity contribution in [3.63, 3.8) is 0 Å². The minimum Gasteiger partial charge on any atom is -0.403 e. The number of halogens is 5. The van der Waals surface area contributed by atoms with Gasteiger partial charge in [0.1, 0.15) is 5.82 Å². The van der Waals surface area contributed by atoms with Gasteiger partial charge in [0.15, 0.2) is 11.6 Å². The zero-order valence-corrected chi connectivity index (χ0v) is 9.34. The summed E-state index contributed by atoms with van der Waals surface area (Å²) in [5.41, 5.74) is 0.227. The van der Waals surface area contributed by atoms with Gasteiger partial charge < -0.3 is 4.74 Å². The number of hydrogen-bond donors (Lipinski definition) is 0. The van der Waals surface area contributed by atoms with E-state index in [-0.39, 0.29) is 11.1 Å². The molecule has 2 aromatic rings. The maximum atomic E-state index is 13.5. The first-order chi connectivity index (χ1) is 8.87. The van der Waals surface area contributed by atoms with Crippen LogP contribution in [0.1, 0.15) is 0 Å². The largest absolute Gasteiger partial charge is 0.573 e. The molecule has 1 nitrogen and oxygen atoms in total. The van der Waals surface area contributed by atoms with E-state index in [1.54, 1.807) is 0 Å². The van der Waals surface area contributed by atoms with Gasteiger partial charge in [-0.3, -0.25) is 0 Å². The Kier molecular flexibility index (Phi) is 3.42. The van der Waals surface area contributed by atoms with Crippen molar-refractivity contribution in [2.75, 3.05) is 0 Å². The third-order valence-electron chi connectivity index (χ3n) is 2.34. The normalized spacial score (nSPS) is 11.4. The number of ether oxygens (including phenoxy) is 1. The van der Waals surface area contributed by atoms with Crippen LogP contribution in [0, 0.1) is 11.6 Å². The van der Waals surface area contributed by atoms with E-state index in [9.17, 15) is 22.0 Å². The molecule has 2 rings (SSSR count). The number of alkyl halides is 3. The molecular formula is C13H7F5O. The second-order valence-electron chi connectivity index (χ2n) is 3.67. The molecule has 0 aliphatic carbocycles. The lowest BCUT2D eigenvalue weighted by molar-refractivity contribution is -0.275. The van der Waals surface area contributed by atoms with Crippen molar-refractivity contribution in [2.24, 2.45) is 0 Å². The van der Waals surface area contributed by atoms with Crippen LogP contribution in [0.15, 0.2) is 42.5 Å². The molecule has 0 saturated heterocycles. The van der Waals surface area contributed by atoms with E-state index >= 15 is 0 Å². The van der Waals surface area contributed by atoms with Gasteiger partial charge in [-0.2, -0.15) is 0 Å². The second-order valence-corrected chi connectivity index (χ2v) is 3.67. The van der Waals surface area contributed by atoms with Gasteiger partial charge >= 0.3 is 6.36 Å². The molecule has 0 amide bonds. The summed E-state index contributed by atoms with van der Waals surface area (Å²) in [5, 5.41) is 0. The predicted molar refractivity (Wildman–Crippen MR) is 58.5 cm³/mol. The van der Waals surface area contributed by atoms with E-state index in [1.165, 1.54) is 24.3 Å². The fourth-order valence-electron chi connectivity index (χ4n) is 1.57. The van der Waals surface area contributed by atoms with E-state index < -0.39 is 23.7 Å². The summed E-state index contributed by atoms with van der Waals surface area (Å²) in [6, 6.07) is 8.32. The molecule has 0 aliphatic rings. The van der Waals surface area contributed by atoms with Gasteiger partial charge in [0.25, 0.3) is 0 Å². The van der Waals surface area contributed by atoms with E-state index in [2.05, 4.69) is 4.74 Å². The topological polar surface area (TPSA) is 9.23 Å². The van der Waals surface area contributed by atoms with Crippen LogP contribution in [0.3, 0.4) is 0 Å². The molecule has 0 bridgehead atoms.